The molecule has 0 spiro atoms. The average molecular weight is 170 g/mol. The Morgan fingerprint density at radius 3 is 2.92 bits per heavy atom. The Labute approximate surface area is 79.3 Å². The third-order valence-electron chi connectivity index (χ3n) is 3.40. The normalized spacial score (nSPS) is 28.9. The Balaban J connectivity index is 2.29. The highest BCUT2D eigenvalue weighted by Crippen LogP contribution is 2.54. The fourth-order valence-electron chi connectivity index (χ4n) is 2.70. The largest absolute Gasteiger partial charge is 0.0772 e. The fraction of sp³-hybridized carbons (Fsp3) is 0.385. The van der Waals surface area contributed by atoms with E-state index in [2.05, 4.69) is 38.1 Å². The summed E-state index contributed by atoms with van der Waals surface area (Å²) in [4.78, 5) is 0. The van der Waals surface area contributed by atoms with E-state index in [1.54, 1.807) is 5.56 Å². The summed E-state index contributed by atoms with van der Waals surface area (Å²) in [6.07, 6.45) is 3.84. The second kappa shape index (κ2) is 2.25. The summed E-state index contributed by atoms with van der Waals surface area (Å²) >= 11 is 0. The van der Waals surface area contributed by atoms with Crippen LogP contribution in [-0.2, 0) is 0 Å². The molecule has 0 aromatic heterocycles. The highest BCUT2D eigenvalue weighted by molar-refractivity contribution is 5.74. The van der Waals surface area contributed by atoms with Crippen molar-refractivity contribution in [2.24, 2.45) is 5.92 Å². The molecule has 1 saturated carbocycles. The molecule has 0 heteroatoms. The number of hydrogen-bond donors (Lipinski definition) is 0. The molecule has 1 aromatic carbocycles. The summed E-state index contributed by atoms with van der Waals surface area (Å²) in [7, 11) is 0. The van der Waals surface area contributed by atoms with Crippen LogP contribution in [0.5, 0.6) is 0 Å². The summed E-state index contributed by atoms with van der Waals surface area (Å²) in [5.41, 5.74) is 6.06. The third-order valence-corrected chi connectivity index (χ3v) is 3.40. The minimum Gasteiger partial charge on any atom is -0.0772 e. The van der Waals surface area contributed by atoms with Crippen LogP contribution in [0.2, 0.25) is 0 Å². The van der Waals surface area contributed by atoms with E-state index in [1.807, 2.05) is 0 Å². The molecule has 66 valence electrons. The highest BCUT2D eigenvalue weighted by atomic mass is 14.4. The smallest absolute Gasteiger partial charge is 0.00866 e. The zero-order valence-corrected chi connectivity index (χ0v) is 8.17. The van der Waals surface area contributed by atoms with Crippen LogP contribution in [-0.4, -0.2) is 0 Å². The van der Waals surface area contributed by atoms with Crippen molar-refractivity contribution in [3.05, 3.63) is 41.0 Å². The molecule has 0 nitrogen and oxygen atoms in total. The standard InChI is InChI=1S/C13H14/c1-8-4-3-5-11-12-7-10(12)6-9(2)13(8)11/h3-6,10,12H,7H2,1-2H3. The van der Waals surface area contributed by atoms with Gasteiger partial charge in [0.05, 0.1) is 0 Å². The molecular weight excluding hydrogens is 156 g/mol. The van der Waals surface area contributed by atoms with Crippen molar-refractivity contribution in [1.82, 2.24) is 0 Å². The molecule has 1 aromatic rings. The lowest BCUT2D eigenvalue weighted by Crippen LogP contribution is -1.98. The van der Waals surface area contributed by atoms with Gasteiger partial charge in [-0.05, 0) is 54.4 Å². The van der Waals surface area contributed by atoms with Gasteiger partial charge >= 0.3 is 0 Å². The Hall–Kier alpha value is -1.04. The molecule has 2 unspecified atom stereocenters. The van der Waals surface area contributed by atoms with Crippen LogP contribution in [0.15, 0.2) is 24.3 Å². The lowest BCUT2D eigenvalue weighted by molar-refractivity contribution is 0.980. The van der Waals surface area contributed by atoms with Crippen LogP contribution >= 0.6 is 0 Å². The van der Waals surface area contributed by atoms with E-state index >= 15 is 0 Å². The van der Waals surface area contributed by atoms with Gasteiger partial charge in [-0.3, -0.25) is 0 Å². The predicted octanol–water partition coefficient (Wildman–Crippen LogP) is 3.52. The van der Waals surface area contributed by atoms with Crippen molar-refractivity contribution in [3.8, 4) is 0 Å². The lowest BCUT2D eigenvalue weighted by atomic mass is 9.88. The first-order valence-corrected chi connectivity index (χ1v) is 5.05. The average Bonchev–Trinajstić information content (AvgIpc) is 2.83. The van der Waals surface area contributed by atoms with E-state index < -0.39 is 0 Å². The van der Waals surface area contributed by atoms with Gasteiger partial charge in [0.1, 0.15) is 0 Å². The summed E-state index contributed by atoms with van der Waals surface area (Å²) in [5, 5.41) is 0. The molecule has 0 aliphatic heterocycles. The van der Waals surface area contributed by atoms with Crippen LogP contribution in [0.25, 0.3) is 5.57 Å². The second-order valence-electron chi connectivity index (χ2n) is 4.39. The maximum atomic E-state index is 2.46. The minimum absolute atomic E-state index is 0.860. The molecule has 1 fully saturated rings. The first-order valence-electron chi connectivity index (χ1n) is 5.05. The molecule has 0 amide bonds. The Morgan fingerprint density at radius 2 is 2.08 bits per heavy atom. The van der Waals surface area contributed by atoms with Gasteiger partial charge in [-0.2, -0.15) is 0 Å². The van der Waals surface area contributed by atoms with Crippen molar-refractivity contribution in [3.63, 3.8) is 0 Å². The van der Waals surface area contributed by atoms with Crippen LogP contribution < -0.4 is 0 Å². The maximum absolute atomic E-state index is 2.46. The van der Waals surface area contributed by atoms with Gasteiger partial charge in [0.2, 0.25) is 0 Å². The van der Waals surface area contributed by atoms with Crippen LogP contribution in [0.4, 0.5) is 0 Å². The van der Waals surface area contributed by atoms with Gasteiger partial charge < -0.3 is 0 Å². The van der Waals surface area contributed by atoms with Crippen molar-refractivity contribution >= 4 is 5.57 Å². The van der Waals surface area contributed by atoms with E-state index in [1.165, 1.54) is 23.1 Å². The maximum Gasteiger partial charge on any atom is -0.00866 e. The molecule has 2 aliphatic rings. The zero-order chi connectivity index (χ0) is 9.00. The molecule has 2 atom stereocenters. The van der Waals surface area contributed by atoms with Gasteiger partial charge in [-0.15, -0.1) is 0 Å². The van der Waals surface area contributed by atoms with Gasteiger partial charge in [-0.1, -0.05) is 24.3 Å². The SMILES string of the molecule is CC1=CC2CC2c2cccc(C)c21. The molecule has 3 rings (SSSR count). The number of hydrogen-bond acceptors (Lipinski definition) is 0. The van der Waals surface area contributed by atoms with Crippen LogP contribution in [0, 0.1) is 12.8 Å². The van der Waals surface area contributed by atoms with E-state index in [-0.39, 0.29) is 0 Å². The fourth-order valence-corrected chi connectivity index (χ4v) is 2.70. The predicted molar refractivity (Wildman–Crippen MR) is 55.7 cm³/mol. The molecule has 0 bridgehead atoms. The highest BCUT2D eigenvalue weighted by Gasteiger charge is 2.40. The van der Waals surface area contributed by atoms with Crippen LogP contribution in [0.1, 0.15) is 36.0 Å². The van der Waals surface area contributed by atoms with Gasteiger partial charge in [0.15, 0.2) is 0 Å². The number of rotatable bonds is 0. The summed E-state index contributed by atoms with van der Waals surface area (Å²) in [6.45, 7) is 4.47. The molecule has 13 heavy (non-hydrogen) atoms. The quantitative estimate of drug-likeness (QED) is 0.559. The first-order chi connectivity index (χ1) is 6.27. The van der Waals surface area contributed by atoms with Gasteiger partial charge in [-0.25, -0.2) is 0 Å². The Kier molecular flexibility index (Phi) is 1.28. The number of aryl methyl sites for hydroxylation is 1. The van der Waals surface area contributed by atoms with Crippen molar-refractivity contribution in [2.45, 2.75) is 26.2 Å². The molecule has 0 N–H and O–H groups in total. The number of benzene rings is 1. The van der Waals surface area contributed by atoms with Gasteiger partial charge in [0.25, 0.3) is 0 Å². The summed E-state index contributed by atoms with van der Waals surface area (Å²) in [5.74, 6) is 1.73. The van der Waals surface area contributed by atoms with Crippen molar-refractivity contribution in [1.29, 1.82) is 0 Å². The Morgan fingerprint density at radius 1 is 1.23 bits per heavy atom. The van der Waals surface area contributed by atoms with Crippen molar-refractivity contribution < 1.29 is 0 Å². The number of fused-ring (bicyclic) bond motifs is 3. The third kappa shape index (κ3) is 0.918. The lowest BCUT2D eigenvalue weighted by Gasteiger charge is -2.16. The van der Waals surface area contributed by atoms with Crippen molar-refractivity contribution in [2.75, 3.05) is 0 Å². The van der Waals surface area contributed by atoms with E-state index in [0.29, 0.717) is 0 Å². The van der Waals surface area contributed by atoms with E-state index in [9.17, 15) is 0 Å². The Bertz CT molecular complexity index is 398. The molecule has 2 aliphatic carbocycles. The van der Waals surface area contributed by atoms with Crippen LogP contribution in [0.3, 0.4) is 0 Å². The number of allylic oxidation sites excluding steroid dienone is 2. The van der Waals surface area contributed by atoms with E-state index in [4.69, 9.17) is 0 Å². The first kappa shape index (κ1) is 7.37. The monoisotopic (exact) mass is 170 g/mol. The molecule has 0 radical (unpaired) electrons. The molecule has 0 saturated heterocycles. The topological polar surface area (TPSA) is 0 Å². The minimum atomic E-state index is 0.860. The zero-order valence-electron chi connectivity index (χ0n) is 8.17. The summed E-state index contributed by atoms with van der Waals surface area (Å²) < 4.78 is 0. The molecular formula is C13H14. The van der Waals surface area contributed by atoms with Gasteiger partial charge in [0, 0.05) is 0 Å². The molecule has 0 heterocycles. The summed E-state index contributed by atoms with van der Waals surface area (Å²) in [6, 6.07) is 6.73. The van der Waals surface area contributed by atoms with E-state index in [0.717, 1.165) is 11.8 Å². The second-order valence-corrected chi connectivity index (χ2v) is 4.39.